The lowest BCUT2D eigenvalue weighted by Crippen LogP contribution is -2.48. The van der Waals surface area contributed by atoms with Gasteiger partial charge in [0.2, 0.25) is 5.91 Å². The topological polar surface area (TPSA) is 82.7 Å². The minimum atomic E-state index is -1.65. The molecule has 2 rings (SSSR count). The van der Waals surface area contributed by atoms with E-state index in [0.717, 1.165) is 16.5 Å². The second-order valence-corrected chi connectivity index (χ2v) is 6.31. The molecule has 0 aliphatic rings. The second kappa shape index (κ2) is 7.41. The molecular formula is C14H17BClNO4S. The molecule has 1 heterocycles. The van der Waals surface area contributed by atoms with Gasteiger partial charge in [0.25, 0.3) is 0 Å². The number of fused-ring (bicyclic) bond motifs is 1. The molecule has 0 aliphatic heterocycles. The number of rotatable bonds is 6. The zero-order chi connectivity index (χ0) is 16.3. The minimum absolute atomic E-state index is 0.238. The molecular weight excluding hydrogens is 324 g/mol. The molecule has 22 heavy (non-hydrogen) atoms. The third-order valence-corrected chi connectivity index (χ3v) is 4.39. The van der Waals surface area contributed by atoms with Crippen LogP contribution in [-0.4, -0.2) is 41.0 Å². The van der Waals surface area contributed by atoms with Gasteiger partial charge < -0.3 is 19.8 Å². The van der Waals surface area contributed by atoms with E-state index < -0.39 is 13.1 Å². The van der Waals surface area contributed by atoms with Crippen LogP contribution in [0.25, 0.3) is 11.0 Å². The maximum atomic E-state index is 11.7. The van der Waals surface area contributed by atoms with Crippen LogP contribution >= 0.6 is 23.4 Å². The van der Waals surface area contributed by atoms with E-state index in [1.165, 1.54) is 11.8 Å². The van der Waals surface area contributed by atoms with Gasteiger partial charge in [0.05, 0.1) is 18.0 Å². The zero-order valence-corrected chi connectivity index (χ0v) is 13.9. The number of furan rings is 1. The van der Waals surface area contributed by atoms with Gasteiger partial charge in [-0.05, 0) is 37.3 Å². The molecule has 0 saturated carbocycles. The maximum Gasteiger partial charge on any atom is 0.475 e. The van der Waals surface area contributed by atoms with E-state index in [1.54, 1.807) is 18.6 Å². The quantitative estimate of drug-likeness (QED) is 0.698. The van der Waals surface area contributed by atoms with Gasteiger partial charge in [-0.1, -0.05) is 11.6 Å². The van der Waals surface area contributed by atoms with Crippen LogP contribution in [0, 0.1) is 6.92 Å². The molecule has 118 valence electrons. The minimum Gasteiger partial charge on any atom is -0.464 e. The number of amides is 1. The van der Waals surface area contributed by atoms with Gasteiger partial charge in [-0.15, -0.1) is 0 Å². The predicted octanol–water partition coefficient (Wildman–Crippen LogP) is 1.80. The Morgan fingerprint density at radius 2 is 2.23 bits per heavy atom. The molecule has 1 aromatic heterocycles. The van der Waals surface area contributed by atoms with E-state index in [9.17, 15) is 14.8 Å². The Morgan fingerprint density at radius 1 is 1.50 bits per heavy atom. The summed E-state index contributed by atoms with van der Waals surface area (Å²) in [5, 5.41) is 23.0. The van der Waals surface area contributed by atoms with Crippen molar-refractivity contribution in [2.75, 3.05) is 12.0 Å². The van der Waals surface area contributed by atoms with E-state index in [0.29, 0.717) is 10.6 Å². The predicted molar refractivity (Wildman–Crippen MR) is 90.2 cm³/mol. The molecule has 3 N–H and O–H groups in total. The lowest BCUT2D eigenvalue weighted by atomic mass is 9.76. The molecule has 2 aromatic rings. The number of hydrogen-bond acceptors (Lipinski definition) is 5. The molecule has 1 atom stereocenters. The van der Waals surface area contributed by atoms with E-state index >= 15 is 0 Å². The number of halogens is 1. The van der Waals surface area contributed by atoms with E-state index in [4.69, 9.17) is 16.0 Å². The van der Waals surface area contributed by atoms with Crippen molar-refractivity contribution in [1.82, 2.24) is 5.32 Å². The van der Waals surface area contributed by atoms with Crippen molar-refractivity contribution in [3.63, 3.8) is 0 Å². The van der Waals surface area contributed by atoms with Crippen molar-refractivity contribution < 1.29 is 19.3 Å². The van der Waals surface area contributed by atoms with E-state index in [2.05, 4.69) is 5.32 Å². The highest BCUT2D eigenvalue weighted by Gasteiger charge is 2.27. The average Bonchev–Trinajstić information content (AvgIpc) is 2.86. The van der Waals surface area contributed by atoms with Crippen molar-refractivity contribution in [3.8, 4) is 0 Å². The fraction of sp³-hybridized carbons (Fsp3) is 0.357. The molecule has 1 amide bonds. The zero-order valence-electron chi connectivity index (χ0n) is 12.3. The third-order valence-electron chi connectivity index (χ3n) is 3.43. The summed E-state index contributed by atoms with van der Waals surface area (Å²) in [5.41, 5.74) is 2.29. The number of hydrogen-bond donors (Lipinski definition) is 3. The Kier molecular flexibility index (Phi) is 5.80. The smallest absolute Gasteiger partial charge is 0.464 e. The largest absolute Gasteiger partial charge is 0.475 e. The first-order chi connectivity index (χ1) is 10.4. The molecule has 1 aromatic carbocycles. The summed E-state index contributed by atoms with van der Waals surface area (Å²) in [6.45, 7) is 1.86. The first-order valence-electron chi connectivity index (χ1n) is 6.73. The second-order valence-electron chi connectivity index (χ2n) is 5.03. The molecule has 0 spiro atoms. The first kappa shape index (κ1) is 17.2. The SMILES string of the molecule is CSCC(=O)N[C@@H](Cc1coc2c(C)c(Cl)ccc12)B(O)O. The number of nitrogens with one attached hydrogen (secondary N) is 1. The van der Waals surface area contributed by atoms with Gasteiger partial charge in [0.1, 0.15) is 5.58 Å². The Hall–Kier alpha value is -1.15. The molecule has 0 bridgehead atoms. The van der Waals surface area contributed by atoms with Gasteiger partial charge >= 0.3 is 7.12 Å². The fourth-order valence-electron chi connectivity index (χ4n) is 2.27. The van der Waals surface area contributed by atoms with Crippen LogP contribution in [0.2, 0.25) is 5.02 Å². The lowest BCUT2D eigenvalue weighted by molar-refractivity contribution is -0.118. The molecule has 0 fully saturated rings. The number of benzene rings is 1. The normalized spacial score (nSPS) is 12.4. The van der Waals surface area contributed by atoms with Gasteiger partial charge in [-0.3, -0.25) is 4.79 Å². The summed E-state index contributed by atoms with van der Waals surface area (Å²) in [6.07, 6.45) is 3.62. The molecule has 0 saturated heterocycles. The average molecular weight is 342 g/mol. The molecule has 5 nitrogen and oxygen atoms in total. The van der Waals surface area contributed by atoms with Crippen LogP contribution in [0.15, 0.2) is 22.8 Å². The molecule has 0 unspecified atom stereocenters. The van der Waals surface area contributed by atoms with Crippen LogP contribution in [-0.2, 0) is 11.2 Å². The summed E-state index contributed by atoms with van der Waals surface area (Å²) in [6, 6.07) is 3.60. The molecule has 8 heteroatoms. The van der Waals surface area contributed by atoms with Gasteiger partial charge in [0.15, 0.2) is 0 Å². The van der Waals surface area contributed by atoms with E-state index in [-0.39, 0.29) is 18.1 Å². The van der Waals surface area contributed by atoms with Crippen molar-refractivity contribution in [2.24, 2.45) is 0 Å². The Morgan fingerprint density at radius 3 is 2.86 bits per heavy atom. The Labute approximate surface area is 138 Å². The van der Waals surface area contributed by atoms with Crippen LogP contribution in [0.1, 0.15) is 11.1 Å². The summed E-state index contributed by atoms with van der Waals surface area (Å²) < 4.78 is 5.53. The van der Waals surface area contributed by atoms with Crippen LogP contribution in [0.4, 0.5) is 0 Å². The monoisotopic (exact) mass is 341 g/mol. The summed E-state index contributed by atoms with van der Waals surface area (Å²) in [7, 11) is -1.65. The Bertz CT molecular complexity index is 676. The van der Waals surface area contributed by atoms with Crippen LogP contribution in [0.3, 0.4) is 0 Å². The highest BCUT2D eigenvalue weighted by atomic mass is 35.5. The fourth-order valence-corrected chi connectivity index (χ4v) is 2.77. The molecule has 0 aliphatic carbocycles. The summed E-state index contributed by atoms with van der Waals surface area (Å²) >= 11 is 7.43. The van der Waals surface area contributed by atoms with Crippen molar-refractivity contribution in [2.45, 2.75) is 19.3 Å². The third kappa shape index (κ3) is 3.78. The highest BCUT2D eigenvalue weighted by molar-refractivity contribution is 7.99. The maximum absolute atomic E-state index is 11.7. The standard InChI is InChI=1S/C14H17BClNO4S/c1-8-11(16)4-3-10-9(6-21-14(8)10)5-12(15(19)20)17-13(18)7-22-2/h3-4,6,12,19-20H,5,7H2,1-2H3,(H,17,18)/t12-/m0/s1. The summed E-state index contributed by atoms with van der Waals surface area (Å²) in [5.74, 6) is -0.765. The van der Waals surface area contributed by atoms with Gasteiger partial charge in [-0.2, -0.15) is 11.8 Å². The highest BCUT2D eigenvalue weighted by Crippen LogP contribution is 2.29. The first-order valence-corrected chi connectivity index (χ1v) is 8.50. The summed E-state index contributed by atoms with van der Waals surface area (Å²) in [4.78, 5) is 11.7. The number of carbonyl (C=O) groups excluding carboxylic acids is 1. The number of carbonyl (C=O) groups is 1. The van der Waals surface area contributed by atoms with Crippen molar-refractivity contribution >= 4 is 47.4 Å². The molecule has 0 radical (unpaired) electrons. The Balaban J connectivity index is 2.23. The van der Waals surface area contributed by atoms with Gasteiger partial charge in [-0.25, -0.2) is 0 Å². The number of aryl methyl sites for hydroxylation is 1. The van der Waals surface area contributed by atoms with Crippen molar-refractivity contribution in [3.05, 3.63) is 34.5 Å². The van der Waals surface area contributed by atoms with Gasteiger partial charge in [0, 0.05) is 16.0 Å². The lowest BCUT2D eigenvalue weighted by Gasteiger charge is -2.17. The van der Waals surface area contributed by atoms with Crippen LogP contribution < -0.4 is 5.32 Å². The number of thioether (sulfide) groups is 1. The van der Waals surface area contributed by atoms with E-state index in [1.807, 2.05) is 13.0 Å². The van der Waals surface area contributed by atoms with Crippen molar-refractivity contribution in [1.29, 1.82) is 0 Å². The van der Waals surface area contributed by atoms with Crippen LogP contribution in [0.5, 0.6) is 0 Å².